The predicted molar refractivity (Wildman–Crippen MR) is 55.3 cm³/mol. The normalized spacial score (nSPS) is 12.9. The van der Waals surface area contributed by atoms with E-state index in [4.69, 9.17) is 4.55 Å². The van der Waals surface area contributed by atoms with Crippen LogP contribution in [0.1, 0.15) is 19.8 Å². The fraction of sp³-hybridized carbons (Fsp3) is 0.750. The van der Waals surface area contributed by atoms with Crippen molar-refractivity contribution in [3.8, 4) is 0 Å². The first-order valence-corrected chi connectivity index (χ1v) is 6.23. The minimum atomic E-state index is -4.35. The van der Waals surface area contributed by atoms with Crippen molar-refractivity contribution in [3.05, 3.63) is 0 Å². The van der Waals surface area contributed by atoms with Gasteiger partial charge in [-0.3, -0.25) is 9.35 Å². The molecule has 0 aliphatic carbocycles. The Hall–Kier alpha value is -1.15. The topological polar surface area (TPSA) is 110 Å². The van der Waals surface area contributed by atoms with E-state index in [1.165, 1.54) is 0 Å². The molecule has 0 spiro atoms. The smallest absolute Gasteiger partial charge is 0.329 e. The molecule has 0 aromatic carbocycles. The summed E-state index contributed by atoms with van der Waals surface area (Å²) in [7, 11) is -3.29. The Kier molecular flexibility index (Phi) is 5.97. The summed E-state index contributed by atoms with van der Waals surface area (Å²) in [4.78, 5) is 22.3. The average molecular weight is 253 g/mol. The van der Waals surface area contributed by atoms with Gasteiger partial charge in [-0.25, -0.2) is 4.79 Å². The van der Waals surface area contributed by atoms with E-state index in [0.717, 1.165) is 7.11 Å². The number of hydrogen-bond acceptors (Lipinski definition) is 5. The zero-order chi connectivity index (χ0) is 12.8. The summed E-state index contributed by atoms with van der Waals surface area (Å²) in [5.41, 5.74) is 0. The number of esters is 1. The van der Waals surface area contributed by atoms with Crippen LogP contribution in [-0.4, -0.2) is 43.8 Å². The number of amides is 1. The fourth-order valence-corrected chi connectivity index (χ4v) is 1.66. The van der Waals surface area contributed by atoms with Crippen LogP contribution in [0.3, 0.4) is 0 Å². The summed E-state index contributed by atoms with van der Waals surface area (Å²) in [6.07, 6.45) is 0.727. The zero-order valence-corrected chi connectivity index (χ0v) is 9.91. The van der Waals surface area contributed by atoms with E-state index in [1.807, 2.05) is 0 Å². The van der Waals surface area contributed by atoms with Crippen LogP contribution in [0.2, 0.25) is 0 Å². The Morgan fingerprint density at radius 2 is 2.00 bits per heavy atom. The molecule has 0 fully saturated rings. The molecule has 8 heteroatoms. The highest BCUT2D eigenvalue weighted by molar-refractivity contribution is 7.85. The van der Waals surface area contributed by atoms with Crippen LogP contribution in [0.15, 0.2) is 0 Å². The van der Waals surface area contributed by atoms with Gasteiger partial charge in [-0.05, 0) is 6.42 Å². The van der Waals surface area contributed by atoms with E-state index >= 15 is 0 Å². The predicted octanol–water partition coefficient (Wildman–Crippen LogP) is -0.668. The van der Waals surface area contributed by atoms with Crippen molar-refractivity contribution in [1.82, 2.24) is 5.32 Å². The molecule has 1 amide bonds. The standard InChI is InChI=1S/C8H15NO6S/c1-3-4-7(10)9-6(8(11)15-2)5-16(12,13)14/h6H,3-5H2,1-2H3,(H,9,10)(H,12,13,14)/t6-/m1/s1. The molecule has 0 aliphatic heterocycles. The largest absolute Gasteiger partial charge is 0.467 e. The first-order valence-electron chi connectivity index (χ1n) is 4.62. The Morgan fingerprint density at radius 1 is 1.44 bits per heavy atom. The van der Waals surface area contributed by atoms with Crippen LogP contribution in [-0.2, 0) is 24.4 Å². The van der Waals surface area contributed by atoms with Gasteiger partial charge in [0, 0.05) is 6.42 Å². The van der Waals surface area contributed by atoms with Gasteiger partial charge in [0.25, 0.3) is 10.1 Å². The second-order valence-electron chi connectivity index (χ2n) is 3.14. The number of carbonyl (C=O) groups is 2. The number of hydrogen-bond donors (Lipinski definition) is 2. The quantitative estimate of drug-likeness (QED) is 0.480. The van der Waals surface area contributed by atoms with Crippen LogP contribution in [0.4, 0.5) is 0 Å². The lowest BCUT2D eigenvalue weighted by molar-refractivity contribution is -0.144. The van der Waals surface area contributed by atoms with E-state index in [1.54, 1.807) is 6.92 Å². The molecule has 0 unspecified atom stereocenters. The Morgan fingerprint density at radius 3 is 2.38 bits per heavy atom. The van der Waals surface area contributed by atoms with Crippen molar-refractivity contribution in [1.29, 1.82) is 0 Å². The van der Waals surface area contributed by atoms with Crippen molar-refractivity contribution in [3.63, 3.8) is 0 Å². The first kappa shape index (κ1) is 14.8. The van der Waals surface area contributed by atoms with E-state index < -0.39 is 33.8 Å². The number of nitrogens with one attached hydrogen (secondary N) is 1. The van der Waals surface area contributed by atoms with Gasteiger partial charge in [-0.2, -0.15) is 8.42 Å². The van der Waals surface area contributed by atoms with Crippen LogP contribution < -0.4 is 5.32 Å². The third kappa shape index (κ3) is 6.36. The molecule has 0 radical (unpaired) electrons. The molecule has 0 aromatic rings. The molecular weight excluding hydrogens is 238 g/mol. The molecule has 0 aliphatic rings. The maximum absolute atomic E-state index is 11.2. The van der Waals surface area contributed by atoms with E-state index in [0.29, 0.717) is 6.42 Å². The van der Waals surface area contributed by atoms with Crippen LogP contribution in [0.25, 0.3) is 0 Å². The third-order valence-corrected chi connectivity index (χ3v) is 2.43. The summed E-state index contributed by atoms with van der Waals surface area (Å²) >= 11 is 0. The van der Waals surface area contributed by atoms with Crippen molar-refractivity contribution in [2.45, 2.75) is 25.8 Å². The Bertz CT molecular complexity index is 350. The van der Waals surface area contributed by atoms with Gasteiger partial charge in [-0.1, -0.05) is 6.92 Å². The van der Waals surface area contributed by atoms with Crippen molar-refractivity contribution in [2.75, 3.05) is 12.9 Å². The summed E-state index contributed by atoms with van der Waals surface area (Å²) in [5, 5.41) is 2.17. The molecule has 0 saturated heterocycles. The van der Waals surface area contributed by atoms with E-state index in [2.05, 4.69) is 10.1 Å². The lowest BCUT2D eigenvalue weighted by Gasteiger charge is -2.14. The molecule has 0 aromatic heterocycles. The SMILES string of the molecule is CCCC(=O)N[C@H](CS(=O)(=O)O)C(=O)OC. The lowest BCUT2D eigenvalue weighted by Crippen LogP contribution is -2.45. The number of rotatable bonds is 6. The number of ether oxygens (including phenoxy) is 1. The summed E-state index contributed by atoms with van der Waals surface area (Å²) in [5.74, 6) is -2.28. The van der Waals surface area contributed by atoms with Gasteiger partial charge in [0.05, 0.1) is 7.11 Å². The minimum Gasteiger partial charge on any atom is -0.467 e. The molecule has 2 N–H and O–H groups in total. The number of carbonyl (C=O) groups excluding carboxylic acids is 2. The van der Waals surface area contributed by atoms with Crippen molar-refractivity contribution >= 4 is 22.0 Å². The number of methoxy groups -OCH3 is 1. The van der Waals surface area contributed by atoms with Crippen LogP contribution in [0, 0.1) is 0 Å². The van der Waals surface area contributed by atoms with Crippen molar-refractivity contribution in [2.24, 2.45) is 0 Å². The zero-order valence-electron chi connectivity index (χ0n) is 9.10. The highest BCUT2D eigenvalue weighted by atomic mass is 32.2. The highest BCUT2D eigenvalue weighted by Crippen LogP contribution is 1.96. The molecule has 0 rings (SSSR count). The maximum Gasteiger partial charge on any atom is 0.329 e. The lowest BCUT2D eigenvalue weighted by atomic mass is 10.3. The second-order valence-corrected chi connectivity index (χ2v) is 4.64. The molecule has 0 heterocycles. The van der Waals surface area contributed by atoms with E-state index in [9.17, 15) is 18.0 Å². The summed E-state index contributed by atoms with van der Waals surface area (Å²) in [6, 6.07) is -1.38. The first-order chi connectivity index (χ1) is 7.30. The van der Waals surface area contributed by atoms with Gasteiger partial charge in [0.1, 0.15) is 11.8 Å². The molecule has 7 nitrogen and oxygen atoms in total. The average Bonchev–Trinajstić information content (AvgIpc) is 2.13. The molecule has 0 bridgehead atoms. The molecule has 94 valence electrons. The summed E-state index contributed by atoms with van der Waals surface area (Å²) in [6.45, 7) is 1.76. The van der Waals surface area contributed by atoms with Gasteiger partial charge in [0.15, 0.2) is 0 Å². The van der Waals surface area contributed by atoms with E-state index in [-0.39, 0.29) is 6.42 Å². The molecule has 1 atom stereocenters. The van der Waals surface area contributed by atoms with Gasteiger partial charge >= 0.3 is 5.97 Å². The minimum absolute atomic E-state index is 0.166. The third-order valence-electron chi connectivity index (χ3n) is 1.68. The summed E-state index contributed by atoms with van der Waals surface area (Å²) < 4.78 is 34.1. The molecule has 0 saturated carbocycles. The second kappa shape index (κ2) is 6.44. The Labute approximate surface area is 93.9 Å². The maximum atomic E-state index is 11.2. The van der Waals surface area contributed by atoms with Crippen LogP contribution in [0.5, 0.6) is 0 Å². The fourth-order valence-electron chi connectivity index (χ4n) is 1.02. The van der Waals surface area contributed by atoms with Crippen molar-refractivity contribution < 1.29 is 27.3 Å². The van der Waals surface area contributed by atoms with Gasteiger partial charge < -0.3 is 10.1 Å². The molecular formula is C8H15NO6S. The van der Waals surface area contributed by atoms with Gasteiger partial charge in [0.2, 0.25) is 5.91 Å². The highest BCUT2D eigenvalue weighted by Gasteiger charge is 2.26. The molecule has 16 heavy (non-hydrogen) atoms. The monoisotopic (exact) mass is 253 g/mol. The van der Waals surface area contributed by atoms with Gasteiger partial charge in [-0.15, -0.1) is 0 Å². The van der Waals surface area contributed by atoms with Crippen LogP contribution >= 0.6 is 0 Å². The Balaban J connectivity index is 4.56.